The number of ether oxygens (including phenoxy) is 1. The van der Waals surface area contributed by atoms with Gasteiger partial charge in [-0.05, 0) is 47.5 Å². The Morgan fingerprint density at radius 1 is 1.25 bits per heavy atom. The molecule has 1 aromatic heterocycles. The van der Waals surface area contributed by atoms with Crippen molar-refractivity contribution in [1.29, 1.82) is 0 Å². The molecule has 0 amide bonds. The van der Waals surface area contributed by atoms with Gasteiger partial charge in [0.2, 0.25) is 0 Å². The lowest BCUT2D eigenvalue weighted by Gasteiger charge is -2.07. The van der Waals surface area contributed by atoms with E-state index < -0.39 is 0 Å². The fourth-order valence-electron chi connectivity index (χ4n) is 2.04. The number of benzene rings is 1. The minimum absolute atomic E-state index is 0.734. The van der Waals surface area contributed by atoms with E-state index >= 15 is 0 Å². The molecule has 0 aliphatic carbocycles. The Kier molecular flexibility index (Phi) is 5.34. The second-order valence-corrected chi connectivity index (χ2v) is 5.53. The van der Waals surface area contributed by atoms with Crippen LogP contribution in [0.2, 0.25) is 0 Å². The number of aromatic nitrogens is 2. The third kappa shape index (κ3) is 3.48. The van der Waals surface area contributed by atoms with E-state index in [-0.39, 0.29) is 0 Å². The fourth-order valence-corrected chi connectivity index (χ4v) is 2.28. The molecule has 0 aliphatic heterocycles. The van der Waals surface area contributed by atoms with E-state index in [2.05, 4.69) is 57.5 Å². The van der Waals surface area contributed by atoms with E-state index in [9.17, 15) is 0 Å². The number of nitrogens with zero attached hydrogens (tertiary/aromatic N) is 2. The van der Waals surface area contributed by atoms with Gasteiger partial charge in [0.15, 0.2) is 0 Å². The van der Waals surface area contributed by atoms with Crippen LogP contribution in [0.3, 0.4) is 0 Å². The quantitative estimate of drug-likeness (QED) is 0.823. The molecule has 0 aliphatic rings. The Balaban J connectivity index is 2.06. The SMILES string of the molecule is COCCNCc1ccc(-n2nc(C)c(Br)c2C)cc1. The Morgan fingerprint density at radius 2 is 1.95 bits per heavy atom. The van der Waals surface area contributed by atoms with Crippen molar-refractivity contribution < 1.29 is 4.74 Å². The first kappa shape index (κ1) is 15.2. The van der Waals surface area contributed by atoms with Crippen LogP contribution in [0.4, 0.5) is 0 Å². The number of methoxy groups -OCH3 is 1. The molecule has 20 heavy (non-hydrogen) atoms. The number of rotatable bonds is 6. The van der Waals surface area contributed by atoms with Crippen molar-refractivity contribution >= 4 is 15.9 Å². The molecular formula is C15H20BrN3O. The summed E-state index contributed by atoms with van der Waals surface area (Å²) < 4.78 is 8.04. The van der Waals surface area contributed by atoms with Crippen molar-refractivity contribution in [2.45, 2.75) is 20.4 Å². The van der Waals surface area contributed by atoms with Gasteiger partial charge < -0.3 is 10.1 Å². The van der Waals surface area contributed by atoms with Crippen molar-refractivity contribution in [1.82, 2.24) is 15.1 Å². The van der Waals surface area contributed by atoms with Crippen LogP contribution >= 0.6 is 15.9 Å². The van der Waals surface area contributed by atoms with Gasteiger partial charge in [0.1, 0.15) is 0 Å². The van der Waals surface area contributed by atoms with Crippen LogP contribution in [0.15, 0.2) is 28.7 Å². The number of nitrogens with one attached hydrogen (secondary N) is 1. The highest BCUT2D eigenvalue weighted by atomic mass is 79.9. The zero-order chi connectivity index (χ0) is 14.5. The molecule has 1 heterocycles. The summed E-state index contributed by atoms with van der Waals surface area (Å²) in [7, 11) is 1.71. The normalized spacial score (nSPS) is 11.0. The maximum Gasteiger partial charge on any atom is 0.0743 e. The Bertz CT molecular complexity index is 563. The van der Waals surface area contributed by atoms with Gasteiger partial charge in [-0.3, -0.25) is 0 Å². The van der Waals surface area contributed by atoms with Gasteiger partial charge in [0.05, 0.1) is 28.2 Å². The summed E-state index contributed by atoms with van der Waals surface area (Å²) in [5.74, 6) is 0. The van der Waals surface area contributed by atoms with Crippen LogP contribution in [0.1, 0.15) is 17.0 Å². The van der Waals surface area contributed by atoms with Crippen LogP contribution in [0, 0.1) is 13.8 Å². The summed E-state index contributed by atoms with van der Waals surface area (Å²) in [6, 6.07) is 8.44. The topological polar surface area (TPSA) is 39.1 Å². The first-order chi connectivity index (χ1) is 9.63. The monoisotopic (exact) mass is 337 g/mol. The molecule has 0 bridgehead atoms. The Hall–Kier alpha value is -1.17. The smallest absolute Gasteiger partial charge is 0.0743 e. The van der Waals surface area contributed by atoms with Crippen LogP contribution in [-0.2, 0) is 11.3 Å². The zero-order valence-corrected chi connectivity index (χ0v) is 13.7. The van der Waals surface area contributed by atoms with E-state index in [4.69, 9.17) is 4.74 Å². The van der Waals surface area contributed by atoms with Crippen LogP contribution in [-0.4, -0.2) is 30.0 Å². The molecule has 0 unspecified atom stereocenters. The van der Waals surface area contributed by atoms with Gasteiger partial charge in [0.25, 0.3) is 0 Å². The first-order valence-electron chi connectivity index (χ1n) is 6.64. The standard InChI is InChI=1S/C15H20BrN3O/c1-11-15(16)12(2)19(18-11)14-6-4-13(5-7-14)10-17-8-9-20-3/h4-7,17H,8-10H2,1-3H3. The summed E-state index contributed by atoms with van der Waals surface area (Å²) in [5.41, 5.74) is 4.46. The predicted molar refractivity (Wildman–Crippen MR) is 84.3 cm³/mol. The summed E-state index contributed by atoms with van der Waals surface area (Å²) in [4.78, 5) is 0. The Labute approximate surface area is 128 Å². The van der Waals surface area contributed by atoms with Crippen molar-refractivity contribution in [2.75, 3.05) is 20.3 Å². The molecule has 0 spiro atoms. The lowest BCUT2D eigenvalue weighted by Crippen LogP contribution is -2.18. The average molecular weight is 338 g/mol. The highest BCUT2D eigenvalue weighted by Gasteiger charge is 2.09. The molecule has 4 nitrogen and oxygen atoms in total. The molecule has 0 saturated carbocycles. The maximum atomic E-state index is 5.00. The van der Waals surface area contributed by atoms with Gasteiger partial charge in [-0.2, -0.15) is 5.10 Å². The maximum absolute atomic E-state index is 5.00. The van der Waals surface area contributed by atoms with Crippen molar-refractivity contribution in [3.8, 4) is 5.69 Å². The molecule has 5 heteroatoms. The van der Waals surface area contributed by atoms with E-state index in [1.54, 1.807) is 7.11 Å². The third-order valence-corrected chi connectivity index (χ3v) is 4.34. The molecule has 0 radical (unpaired) electrons. The molecule has 0 atom stereocenters. The fraction of sp³-hybridized carbons (Fsp3) is 0.400. The number of hydrogen-bond acceptors (Lipinski definition) is 3. The second-order valence-electron chi connectivity index (χ2n) is 4.73. The highest BCUT2D eigenvalue weighted by molar-refractivity contribution is 9.10. The van der Waals surface area contributed by atoms with E-state index in [1.165, 1.54) is 5.56 Å². The van der Waals surface area contributed by atoms with Crippen LogP contribution in [0.25, 0.3) is 5.69 Å². The third-order valence-electron chi connectivity index (χ3n) is 3.20. The summed E-state index contributed by atoms with van der Waals surface area (Å²) in [6.07, 6.45) is 0. The van der Waals surface area contributed by atoms with Gasteiger partial charge in [-0.25, -0.2) is 4.68 Å². The van der Waals surface area contributed by atoms with Gasteiger partial charge in [-0.15, -0.1) is 0 Å². The highest BCUT2D eigenvalue weighted by Crippen LogP contribution is 2.23. The summed E-state index contributed by atoms with van der Waals surface area (Å²) in [5, 5.41) is 7.87. The lowest BCUT2D eigenvalue weighted by atomic mass is 10.2. The second kappa shape index (κ2) is 7.02. The molecule has 1 aromatic carbocycles. The Morgan fingerprint density at radius 3 is 2.50 bits per heavy atom. The van der Waals surface area contributed by atoms with Crippen molar-refractivity contribution in [3.63, 3.8) is 0 Å². The molecule has 0 saturated heterocycles. The predicted octanol–water partition coefficient (Wildman–Crippen LogP) is 2.99. The molecule has 1 N–H and O–H groups in total. The number of hydrogen-bond donors (Lipinski definition) is 1. The first-order valence-corrected chi connectivity index (χ1v) is 7.43. The number of halogens is 1. The van der Waals surface area contributed by atoms with E-state index in [0.717, 1.165) is 41.2 Å². The van der Waals surface area contributed by atoms with Crippen molar-refractivity contribution in [2.24, 2.45) is 0 Å². The largest absolute Gasteiger partial charge is 0.383 e. The summed E-state index contributed by atoms with van der Waals surface area (Å²) >= 11 is 3.56. The molecule has 0 fully saturated rings. The molecule has 2 aromatic rings. The average Bonchev–Trinajstić information content (AvgIpc) is 2.72. The van der Waals surface area contributed by atoms with Gasteiger partial charge in [-0.1, -0.05) is 12.1 Å². The molecule has 108 valence electrons. The molecule has 2 rings (SSSR count). The lowest BCUT2D eigenvalue weighted by molar-refractivity contribution is 0.199. The zero-order valence-electron chi connectivity index (χ0n) is 12.1. The number of aryl methyl sites for hydroxylation is 1. The van der Waals surface area contributed by atoms with Crippen LogP contribution < -0.4 is 5.32 Å². The van der Waals surface area contributed by atoms with E-state index in [0.29, 0.717) is 0 Å². The van der Waals surface area contributed by atoms with Crippen LogP contribution in [0.5, 0.6) is 0 Å². The minimum atomic E-state index is 0.734. The van der Waals surface area contributed by atoms with Gasteiger partial charge >= 0.3 is 0 Å². The minimum Gasteiger partial charge on any atom is -0.383 e. The van der Waals surface area contributed by atoms with E-state index in [1.807, 2.05) is 11.6 Å². The van der Waals surface area contributed by atoms with Gasteiger partial charge in [0, 0.05) is 20.2 Å². The summed E-state index contributed by atoms with van der Waals surface area (Å²) in [6.45, 7) is 6.51. The van der Waals surface area contributed by atoms with Crippen molar-refractivity contribution in [3.05, 3.63) is 45.7 Å². The molecular weight excluding hydrogens is 318 g/mol.